The maximum atomic E-state index is 13.2. The molecule has 32 heavy (non-hydrogen) atoms. The molecule has 5 nitrogen and oxygen atoms in total. The maximum Gasteiger partial charge on any atom is 0.252 e. The van der Waals surface area contributed by atoms with Crippen molar-refractivity contribution < 1.29 is 13.5 Å². The van der Waals surface area contributed by atoms with Crippen LogP contribution in [0.15, 0.2) is 70.3 Å². The van der Waals surface area contributed by atoms with Crippen molar-refractivity contribution in [3.05, 3.63) is 82.7 Å². The van der Waals surface area contributed by atoms with Crippen LogP contribution in [0.1, 0.15) is 30.5 Å². The van der Waals surface area contributed by atoms with Gasteiger partial charge in [-0.05, 0) is 61.9 Å². The molecule has 3 aromatic rings. The Bertz CT molecular complexity index is 1150. The van der Waals surface area contributed by atoms with Crippen LogP contribution in [-0.4, -0.2) is 43.5 Å². The highest BCUT2D eigenvalue weighted by Crippen LogP contribution is 2.30. The molecule has 4 rings (SSSR count). The number of anilines is 1. The van der Waals surface area contributed by atoms with E-state index in [1.807, 2.05) is 24.3 Å². The normalized spacial score (nSPS) is 18.1. The molecule has 1 N–H and O–H groups in total. The van der Waals surface area contributed by atoms with Gasteiger partial charge in [-0.3, -0.25) is 0 Å². The molecule has 1 aliphatic heterocycles. The number of piperazine rings is 1. The summed E-state index contributed by atoms with van der Waals surface area (Å²) in [5, 5.41) is 12.1. The zero-order valence-corrected chi connectivity index (χ0v) is 20.4. The molecule has 170 valence electrons. The molecule has 0 amide bonds. The van der Waals surface area contributed by atoms with E-state index >= 15 is 0 Å². The van der Waals surface area contributed by atoms with E-state index < -0.39 is 15.6 Å². The Morgan fingerprint density at radius 1 is 1.06 bits per heavy atom. The fraction of sp³-hybridized carbons (Fsp3) is 0.360. The first-order chi connectivity index (χ1) is 15.1. The number of thiophene rings is 1. The lowest BCUT2D eigenvalue weighted by atomic mass is 9.97. The molecule has 0 spiro atoms. The molecule has 1 fully saturated rings. The summed E-state index contributed by atoms with van der Waals surface area (Å²) >= 11 is 1.26. The van der Waals surface area contributed by atoms with Crippen molar-refractivity contribution in [2.45, 2.75) is 43.0 Å². The Labute approximate surface area is 195 Å². The van der Waals surface area contributed by atoms with Crippen LogP contribution in [0.3, 0.4) is 0 Å². The summed E-state index contributed by atoms with van der Waals surface area (Å²) in [4.78, 5) is 2.30. The second-order valence-electron chi connectivity index (χ2n) is 8.94. The van der Waals surface area contributed by atoms with E-state index in [1.165, 1.54) is 22.5 Å². The van der Waals surface area contributed by atoms with Crippen molar-refractivity contribution in [2.75, 3.05) is 24.5 Å². The average molecular weight is 471 g/mol. The summed E-state index contributed by atoms with van der Waals surface area (Å²) in [6.45, 7) is 7.11. The fourth-order valence-electron chi connectivity index (χ4n) is 4.27. The number of nitrogens with zero attached hydrogens (tertiary/aromatic N) is 2. The number of benzene rings is 2. The van der Waals surface area contributed by atoms with E-state index in [2.05, 4.69) is 36.1 Å². The Balaban J connectivity index is 1.63. The summed E-state index contributed by atoms with van der Waals surface area (Å²) < 4.78 is 28.4. The van der Waals surface area contributed by atoms with E-state index in [-0.39, 0.29) is 6.04 Å². The number of rotatable bonds is 6. The van der Waals surface area contributed by atoms with Gasteiger partial charge in [0.15, 0.2) is 0 Å². The van der Waals surface area contributed by atoms with Crippen LogP contribution in [0.5, 0.6) is 0 Å². The highest BCUT2D eigenvalue weighted by molar-refractivity contribution is 7.91. The fourth-order valence-corrected chi connectivity index (χ4v) is 6.88. The lowest BCUT2D eigenvalue weighted by Crippen LogP contribution is -2.55. The number of hydrogen-bond donors (Lipinski definition) is 1. The van der Waals surface area contributed by atoms with Crippen molar-refractivity contribution in [2.24, 2.45) is 0 Å². The predicted octanol–water partition coefficient (Wildman–Crippen LogP) is 4.41. The molecule has 0 bridgehead atoms. The number of sulfonamides is 1. The lowest BCUT2D eigenvalue weighted by molar-refractivity contribution is 0.0786. The van der Waals surface area contributed by atoms with Gasteiger partial charge in [0.1, 0.15) is 4.21 Å². The van der Waals surface area contributed by atoms with Crippen LogP contribution in [0.2, 0.25) is 0 Å². The van der Waals surface area contributed by atoms with Gasteiger partial charge in [0.25, 0.3) is 10.0 Å². The van der Waals surface area contributed by atoms with E-state index in [9.17, 15) is 13.5 Å². The molecule has 0 radical (unpaired) electrons. The molecule has 1 aliphatic rings. The standard InChI is InChI=1S/C25H30N2O3S2/c1-19-6-4-7-20(16-19)17-23-18-26(32(29,30)24-8-5-15-31-24)13-14-27(23)22-11-9-21(10-12-22)25(2,3)28/h4-12,15-16,23,28H,13-14,17-18H2,1-3H3. The van der Waals surface area contributed by atoms with Crippen molar-refractivity contribution in [1.82, 2.24) is 4.31 Å². The molecule has 1 aromatic heterocycles. The van der Waals surface area contributed by atoms with Gasteiger partial charge in [-0.1, -0.05) is 48.0 Å². The quantitative estimate of drug-likeness (QED) is 0.580. The minimum atomic E-state index is -3.49. The molecule has 2 aromatic carbocycles. The van der Waals surface area contributed by atoms with Gasteiger partial charge < -0.3 is 10.0 Å². The molecule has 2 heterocycles. The van der Waals surface area contributed by atoms with E-state index in [1.54, 1.807) is 35.7 Å². The highest BCUT2D eigenvalue weighted by Gasteiger charge is 2.35. The smallest absolute Gasteiger partial charge is 0.252 e. The summed E-state index contributed by atoms with van der Waals surface area (Å²) in [7, 11) is -3.49. The van der Waals surface area contributed by atoms with Gasteiger partial charge >= 0.3 is 0 Å². The Morgan fingerprint density at radius 3 is 2.44 bits per heavy atom. The molecule has 1 saturated heterocycles. The number of aliphatic hydroxyl groups is 1. The van der Waals surface area contributed by atoms with Crippen LogP contribution in [0, 0.1) is 6.92 Å². The first kappa shape index (κ1) is 23.0. The SMILES string of the molecule is Cc1cccc(CC2CN(S(=O)(=O)c3cccs3)CCN2c2ccc(C(C)(C)O)cc2)c1. The Hall–Kier alpha value is -2.19. The Morgan fingerprint density at radius 2 is 1.81 bits per heavy atom. The largest absolute Gasteiger partial charge is 0.386 e. The van der Waals surface area contributed by atoms with Gasteiger partial charge in [-0.15, -0.1) is 11.3 Å². The molecule has 0 saturated carbocycles. The van der Waals surface area contributed by atoms with E-state index in [4.69, 9.17) is 0 Å². The lowest BCUT2D eigenvalue weighted by Gasteiger charge is -2.42. The van der Waals surface area contributed by atoms with Crippen molar-refractivity contribution in [3.63, 3.8) is 0 Å². The van der Waals surface area contributed by atoms with Gasteiger partial charge in [-0.25, -0.2) is 8.42 Å². The maximum absolute atomic E-state index is 13.2. The second kappa shape index (κ2) is 8.98. The number of hydrogen-bond acceptors (Lipinski definition) is 5. The van der Waals surface area contributed by atoms with E-state index in [0.717, 1.165) is 17.7 Å². The first-order valence-electron chi connectivity index (χ1n) is 10.8. The third-order valence-electron chi connectivity index (χ3n) is 5.99. The third kappa shape index (κ3) is 4.91. The van der Waals surface area contributed by atoms with Gasteiger partial charge in [0.05, 0.1) is 5.60 Å². The summed E-state index contributed by atoms with van der Waals surface area (Å²) in [6, 6.07) is 19.8. The number of aryl methyl sites for hydroxylation is 1. The summed E-state index contributed by atoms with van der Waals surface area (Å²) in [6.07, 6.45) is 0.755. The minimum absolute atomic E-state index is 0.00766. The zero-order chi connectivity index (χ0) is 22.9. The molecular formula is C25H30N2O3S2. The second-order valence-corrected chi connectivity index (χ2v) is 12.1. The molecule has 0 aliphatic carbocycles. The average Bonchev–Trinajstić information content (AvgIpc) is 3.29. The highest BCUT2D eigenvalue weighted by atomic mass is 32.2. The minimum Gasteiger partial charge on any atom is -0.386 e. The van der Waals surface area contributed by atoms with Crippen molar-refractivity contribution in [3.8, 4) is 0 Å². The summed E-state index contributed by atoms with van der Waals surface area (Å²) in [5.74, 6) is 0. The van der Waals surface area contributed by atoms with Crippen LogP contribution in [-0.2, 0) is 22.0 Å². The van der Waals surface area contributed by atoms with Gasteiger partial charge in [-0.2, -0.15) is 4.31 Å². The molecule has 7 heteroatoms. The van der Waals surface area contributed by atoms with Crippen LogP contribution in [0.4, 0.5) is 5.69 Å². The van der Waals surface area contributed by atoms with Crippen molar-refractivity contribution >= 4 is 27.0 Å². The topological polar surface area (TPSA) is 60.9 Å². The van der Waals surface area contributed by atoms with Gasteiger partial charge in [0.2, 0.25) is 0 Å². The van der Waals surface area contributed by atoms with Gasteiger partial charge in [0, 0.05) is 31.4 Å². The van der Waals surface area contributed by atoms with E-state index in [0.29, 0.717) is 23.8 Å². The zero-order valence-electron chi connectivity index (χ0n) is 18.7. The van der Waals surface area contributed by atoms with Crippen LogP contribution in [0.25, 0.3) is 0 Å². The van der Waals surface area contributed by atoms with Crippen LogP contribution < -0.4 is 4.90 Å². The monoisotopic (exact) mass is 470 g/mol. The summed E-state index contributed by atoms with van der Waals surface area (Å²) in [5.41, 5.74) is 3.40. The third-order valence-corrected chi connectivity index (χ3v) is 9.23. The molecule has 1 atom stereocenters. The van der Waals surface area contributed by atoms with Crippen LogP contribution >= 0.6 is 11.3 Å². The molecular weight excluding hydrogens is 440 g/mol. The Kier molecular flexibility index (Phi) is 6.45. The first-order valence-corrected chi connectivity index (χ1v) is 13.2. The van der Waals surface area contributed by atoms with Crippen molar-refractivity contribution in [1.29, 1.82) is 0 Å². The molecule has 1 unspecified atom stereocenters. The predicted molar refractivity (Wildman–Crippen MR) is 131 cm³/mol.